The number of hydrogen-bond acceptors (Lipinski definition) is 4. The van der Waals surface area contributed by atoms with Crippen LogP contribution in [0, 0.1) is 0 Å². The summed E-state index contributed by atoms with van der Waals surface area (Å²) in [6, 6.07) is 7.16. The number of piperidine rings is 1. The van der Waals surface area contributed by atoms with E-state index >= 15 is 0 Å². The van der Waals surface area contributed by atoms with Crippen molar-refractivity contribution in [1.29, 1.82) is 0 Å². The van der Waals surface area contributed by atoms with E-state index in [4.69, 9.17) is 5.11 Å². The largest absolute Gasteiger partial charge is 0.478 e. The van der Waals surface area contributed by atoms with E-state index in [1.165, 1.54) is 0 Å². The van der Waals surface area contributed by atoms with Gasteiger partial charge in [-0.1, -0.05) is 27.7 Å². The van der Waals surface area contributed by atoms with E-state index in [-0.39, 0.29) is 6.04 Å². The molecule has 130 valence electrons. The molecular weight excluding hydrogens is 312 g/mol. The first-order chi connectivity index (χ1) is 11.2. The number of carboxylic acids is 1. The molecule has 2 N–H and O–H groups in total. The minimum Gasteiger partial charge on any atom is -0.478 e. The monoisotopic (exact) mass is 340 g/mol. The van der Waals surface area contributed by atoms with Gasteiger partial charge in [0.05, 0.1) is 5.56 Å². The van der Waals surface area contributed by atoms with E-state index in [1.807, 2.05) is 39.8 Å². The van der Waals surface area contributed by atoms with Gasteiger partial charge in [-0.2, -0.15) is 0 Å². The maximum absolute atomic E-state index is 10.7. The lowest BCUT2D eigenvalue weighted by Gasteiger charge is -2.30. The maximum atomic E-state index is 10.7. The predicted octanol–water partition coefficient (Wildman–Crippen LogP) is 3.65. The van der Waals surface area contributed by atoms with Crippen molar-refractivity contribution >= 4 is 24.3 Å². The number of nitrogens with one attached hydrogen (secondary N) is 1. The summed E-state index contributed by atoms with van der Waals surface area (Å²) >= 11 is 1.63. The predicted molar refractivity (Wildman–Crippen MR) is 95.7 cm³/mol. The average Bonchev–Trinajstić information content (AvgIpc) is 2.61. The Bertz CT molecular complexity index is 444. The second-order valence-corrected chi connectivity index (χ2v) is 5.58. The number of carbonyl (C=O) groups excluding carboxylic acids is 1. The molecule has 23 heavy (non-hydrogen) atoms. The summed E-state index contributed by atoms with van der Waals surface area (Å²) < 4.78 is 2.23. The van der Waals surface area contributed by atoms with E-state index in [2.05, 4.69) is 9.62 Å². The fourth-order valence-corrected chi connectivity index (χ4v) is 2.97. The Kier molecular flexibility index (Phi) is 12.1. The fraction of sp³-hybridized carbons (Fsp3) is 0.529. The number of benzene rings is 1. The molecule has 1 aromatic carbocycles. The standard InChI is InChI=1S/C13H16N2O3S.2C2H6/c16-9-14-11-5-7-15(8-6-11)19-12-3-1-10(2-4-12)13(17)18;2*1-2/h1-4,9,11H,5-8H2,(H,14,16)(H,17,18);2*1-2H3. The molecule has 1 aliphatic rings. The summed E-state index contributed by atoms with van der Waals surface area (Å²) in [5, 5.41) is 11.6. The summed E-state index contributed by atoms with van der Waals surface area (Å²) in [5.41, 5.74) is 0.304. The molecule has 1 saturated heterocycles. The molecule has 2 rings (SSSR count). The SMILES string of the molecule is CC.CC.O=CNC1CCN(Sc2ccc(C(=O)O)cc2)CC1. The van der Waals surface area contributed by atoms with Crippen molar-refractivity contribution in [2.24, 2.45) is 0 Å². The molecule has 1 aliphatic heterocycles. The topological polar surface area (TPSA) is 69.6 Å². The molecule has 0 unspecified atom stereocenters. The maximum Gasteiger partial charge on any atom is 0.335 e. The smallest absolute Gasteiger partial charge is 0.335 e. The third-order valence-electron chi connectivity index (χ3n) is 3.09. The van der Waals surface area contributed by atoms with E-state index < -0.39 is 5.97 Å². The molecule has 1 heterocycles. The van der Waals surface area contributed by atoms with Crippen LogP contribution >= 0.6 is 11.9 Å². The minimum atomic E-state index is -0.905. The molecule has 1 amide bonds. The molecule has 0 aliphatic carbocycles. The van der Waals surface area contributed by atoms with Crippen LogP contribution in [0.2, 0.25) is 0 Å². The lowest BCUT2D eigenvalue weighted by Crippen LogP contribution is -2.39. The minimum absolute atomic E-state index is 0.281. The van der Waals surface area contributed by atoms with Crippen molar-refractivity contribution in [1.82, 2.24) is 9.62 Å². The van der Waals surface area contributed by atoms with Crippen molar-refractivity contribution in [3.8, 4) is 0 Å². The Balaban J connectivity index is 0.00000112. The van der Waals surface area contributed by atoms with Gasteiger partial charge in [0, 0.05) is 24.0 Å². The zero-order valence-electron chi connectivity index (χ0n) is 14.4. The highest BCUT2D eigenvalue weighted by atomic mass is 32.2. The van der Waals surface area contributed by atoms with E-state index in [0.29, 0.717) is 5.56 Å². The van der Waals surface area contributed by atoms with Crippen LogP contribution in [0.3, 0.4) is 0 Å². The summed E-state index contributed by atoms with van der Waals surface area (Å²) in [4.78, 5) is 22.1. The van der Waals surface area contributed by atoms with Gasteiger partial charge in [0.15, 0.2) is 0 Å². The van der Waals surface area contributed by atoms with Gasteiger partial charge in [0.2, 0.25) is 6.41 Å². The van der Waals surface area contributed by atoms with Gasteiger partial charge >= 0.3 is 5.97 Å². The summed E-state index contributed by atoms with van der Waals surface area (Å²) in [5.74, 6) is -0.905. The first kappa shape index (κ1) is 21.5. The van der Waals surface area contributed by atoms with Crippen LogP contribution < -0.4 is 5.32 Å². The van der Waals surface area contributed by atoms with Crippen LogP contribution in [0.25, 0.3) is 0 Å². The molecule has 1 fully saturated rings. The first-order valence-electron chi connectivity index (χ1n) is 8.15. The Hall–Kier alpha value is -1.53. The number of carboxylic acid groups (broad SMARTS) is 1. The molecule has 0 atom stereocenters. The van der Waals surface area contributed by atoms with Crippen LogP contribution in [-0.2, 0) is 4.79 Å². The zero-order valence-corrected chi connectivity index (χ0v) is 15.2. The van der Waals surface area contributed by atoms with Crippen molar-refractivity contribution in [2.75, 3.05) is 13.1 Å². The van der Waals surface area contributed by atoms with Crippen molar-refractivity contribution in [2.45, 2.75) is 51.5 Å². The highest BCUT2D eigenvalue weighted by Gasteiger charge is 2.19. The number of nitrogens with zero attached hydrogens (tertiary/aromatic N) is 1. The quantitative estimate of drug-likeness (QED) is 0.632. The van der Waals surface area contributed by atoms with E-state index in [9.17, 15) is 9.59 Å². The lowest BCUT2D eigenvalue weighted by atomic mass is 10.1. The summed E-state index contributed by atoms with van der Waals surface area (Å²) in [6.45, 7) is 9.83. The van der Waals surface area contributed by atoms with Crippen LogP contribution in [0.15, 0.2) is 29.2 Å². The Morgan fingerprint density at radius 3 is 2.13 bits per heavy atom. The van der Waals surface area contributed by atoms with E-state index in [1.54, 1.807) is 24.1 Å². The van der Waals surface area contributed by atoms with Crippen LogP contribution in [0.1, 0.15) is 50.9 Å². The van der Waals surface area contributed by atoms with E-state index in [0.717, 1.165) is 37.2 Å². The molecule has 0 aromatic heterocycles. The molecule has 0 spiro atoms. The summed E-state index contributed by atoms with van der Waals surface area (Å²) in [7, 11) is 0. The second-order valence-electron chi connectivity index (χ2n) is 4.41. The van der Waals surface area contributed by atoms with Crippen molar-refractivity contribution in [3.63, 3.8) is 0 Å². The molecule has 0 bridgehead atoms. The number of rotatable bonds is 5. The highest BCUT2D eigenvalue weighted by Crippen LogP contribution is 2.26. The number of carbonyl (C=O) groups is 2. The number of amides is 1. The summed E-state index contributed by atoms with van der Waals surface area (Å²) in [6.07, 6.45) is 2.65. The van der Waals surface area contributed by atoms with Gasteiger partial charge < -0.3 is 10.4 Å². The third kappa shape index (κ3) is 8.04. The second kappa shape index (κ2) is 13.0. The first-order valence-corrected chi connectivity index (χ1v) is 8.92. The number of aromatic carboxylic acids is 1. The van der Waals surface area contributed by atoms with Crippen LogP contribution in [-0.4, -0.2) is 40.9 Å². The average molecular weight is 340 g/mol. The van der Waals surface area contributed by atoms with Gasteiger partial charge in [0.1, 0.15) is 0 Å². The van der Waals surface area contributed by atoms with Gasteiger partial charge in [-0.05, 0) is 49.1 Å². The zero-order chi connectivity index (χ0) is 17.7. The van der Waals surface area contributed by atoms with Gasteiger partial charge in [-0.15, -0.1) is 0 Å². The normalized spacial score (nSPS) is 14.6. The molecule has 0 radical (unpaired) electrons. The van der Waals surface area contributed by atoms with Crippen molar-refractivity contribution in [3.05, 3.63) is 29.8 Å². The molecular formula is C17H28N2O3S. The highest BCUT2D eigenvalue weighted by molar-refractivity contribution is 7.97. The molecule has 5 nitrogen and oxygen atoms in total. The van der Waals surface area contributed by atoms with Gasteiger partial charge in [-0.3, -0.25) is 4.79 Å². The van der Waals surface area contributed by atoms with Gasteiger partial charge in [-0.25, -0.2) is 9.10 Å². The third-order valence-corrected chi connectivity index (χ3v) is 4.20. The van der Waals surface area contributed by atoms with Crippen molar-refractivity contribution < 1.29 is 14.7 Å². The molecule has 1 aromatic rings. The number of hydrogen-bond donors (Lipinski definition) is 2. The molecule has 6 heteroatoms. The van der Waals surface area contributed by atoms with Gasteiger partial charge in [0.25, 0.3) is 0 Å². The van der Waals surface area contributed by atoms with Crippen LogP contribution in [0.4, 0.5) is 0 Å². The fourth-order valence-electron chi connectivity index (χ4n) is 2.02. The lowest BCUT2D eigenvalue weighted by molar-refractivity contribution is -0.110. The van der Waals surface area contributed by atoms with Crippen LogP contribution in [0.5, 0.6) is 0 Å². The molecule has 0 saturated carbocycles. The Morgan fingerprint density at radius 1 is 1.17 bits per heavy atom. The Labute approximate surface area is 143 Å². The Morgan fingerprint density at radius 2 is 1.70 bits per heavy atom.